The zero-order valence-electron chi connectivity index (χ0n) is 14.2. The van der Waals surface area contributed by atoms with Gasteiger partial charge < -0.3 is 23.8 Å². The van der Waals surface area contributed by atoms with Crippen LogP contribution in [0.2, 0.25) is 0 Å². The van der Waals surface area contributed by atoms with E-state index < -0.39 is 0 Å². The molecule has 0 radical (unpaired) electrons. The maximum Gasteiger partial charge on any atom is 0.430 e. The van der Waals surface area contributed by atoms with Gasteiger partial charge in [0, 0.05) is 44.9 Å². The Morgan fingerprint density at radius 2 is 1.62 bits per heavy atom. The van der Waals surface area contributed by atoms with Gasteiger partial charge in [0.2, 0.25) is 11.1 Å². The van der Waals surface area contributed by atoms with E-state index in [4.69, 9.17) is 18.9 Å². The fourth-order valence-electron chi connectivity index (χ4n) is 2.37. The van der Waals surface area contributed by atoms with Crippen LogP contribution in [-0.4, -0.2) is 65.2 Å². The Morgan fingerprint density at radius 3 is 2.21 bits per heavy atom. The first kappa shape index (κ1) is 18.6. The number of anilines is 1. The lowest BCUT2D eigenvalue weighted by Gasteiger charge is -2.30. The molecule has 7 nitrogen and oxygen atoms in total. The van der Waals surface area contributed by atoms with Crippen molar-refractivity contribution in [2.75, 3.05) is 70.1 Å². The van der Waals surface area contributed by atoms with E-state index in [-0.39, 0.29) is 0 Å². The molecule has 0 aromatic heterocycles. The van der Waals surface area contributed by atoms with Crippen molar-refractivity contribution in [3.05, 3.63) is 17.1 Å². The summed E-state index contributed by atoms with van der Waals surface area (Å²) in [6.07, 6.45) is 0. The summed E-state index contributed by atoms with van der Waals surface area (Å²) in [5, 5.41) is 9.29. The first-order valence-corrected chi connectivity index (χ1v) is 9.05. The number of ether oxygens (including phenoxy) is 4. The predicted octanol–water partition coefficient (Wildman–Crippen LogP) is 2.77. The van der Waals surface area contributed by atoms with E-state index in [1.807, 2.05) is 17.8 Å². The van der Waals surface area contributed by atoms with Gasteiger partial charge in [-0.25, -0.2) is 0 Å². The van der Waals surface area contributed by atoms with Gasteiger partial charge in [-0.1, -0.05) is 0 Å². The molecule has 24 heavy (non-hydrogen) atoms. The van der Waals surface area contributed by atoms with Crippen LogP contribution >= 0.6 is 11.8 Å². The van der Waals surface area contributed by atoms with Gasteiger partial charge in [-0.3, -0.25) is 0 Å². The monoisotopic (exact) mass is 354 g/mol. The van der Waals surface area contributed by atoms with Crippen LogP contribution in [0.5, 0.6) is 11.5 Å². The first-order valence-electron chi connectivity index (χ1n) is 7.89. The Morgan fingerprint density at radius 1 is 1.00 bits per heavy atom. The highest BCUT2D eigenvalue weighted by atomic mass is 32.2. The zero-order chi connectivity index (χ0) is 17.2. The van der Waals surface area contributed by atoms with Crippen LogP contribution in [0.15, 0.2) is 12.1 Å². The molecule has 1 fully saturated rings. The lowest BCUT2D eigenvalue weighted by molar-refractivity contribution is 0.145. The van der Waals surface area contributed by atoms with Gasteiger partial charge in [0.05, 0.1) is 25.0 Å². The second-order valence-corrected chi connectivity index (χ2v) is 6.39. The predicted molar refractivity (Wildman–Crippen MR) is 95.5 cm³/mol. The maximum atomic E-state index is 9.29. The number of rotatable bonds is 9. The van der Waals surface area contributed by atoms with Gasteiger partial charge in [0.25, 0.3) is 0 Å². The molecule has 132 valence electrons. The second-order valence-electron chi connectivity index (χ2n) is 5.17. The van der Waals surface area contributed by atoms with Crippen molar-refractivity contribution in [1.29, 1.82) is 5.39 Å². The largest absolute Gasteiger partial charge is 0.489 e. The molecule has 0 saturated carbocycles. The Labute approximate surface area is 146 Å². The molecule has 0 atom stereocenters. The molecule has 0 N–H and O–H groups in total. The maximum absolute atomic E-state index is 9.29. The molecule has 0 aliphatic carbocycles. The van der Waals surface area contributed by atoms with Crippen molar-refractivity contribution >= 4 is 23.1 Å². The van der Waals surface area contributed by atoms with Crippen LogP contribution in [0.1, 0.15) is 0 Å². The molecule has 0 spiro atoms. The molecule has 0 amide bonds. The Kier molecular flexibility index (Phi) is 7.95. The van der Waals surface area contributed by atoms with Crippen LogP contribution < -0.4 is 14.4 Å². The number of hydrogen-bond donors (Lipinski definition) is 0. The summed E-state index contributed by atoms with van der Waals surface area (Å²) < 4.78 is 21.6. The Bertz CT molecular complexity index is 559. The van der Waals surface area contributed by atoms with Gasteiger partial charge in [-0.2, -0.15) is 11.8 Å². The van der Waals surface area contributed by atoms with Gasteiger partial charge in [0.15, 0.2) is 10.7 Å². The zero-order valence-corrected chi connectivity index (χ0v) is 15.0. The molecule has 1 aliphatic rings. The van der Waals surface area contributed by atoms with E-state index in [1.165, 1.54) is 0 Å². The van der Waals surface area contributed by atoms with Gasteiger partial charge in [0.1, 0.15) is 13.2 Å². The number of nitrogens with zero attached hydrogens (tertiary/aromatic N) is 3. The second kappa shape index (κ2) is 10.2. The van der Waals surface area contributed by atoms with E-state index in [0.717, 1.165) is 30.3 Å². The van der Waals surface area contributed by atoms with Crippen molar-refractivity contribution in [1.82, 2.24) is 0 Å². The van der Waals surface area contributed by atoms with E-state index in [2.05, 4.69) is 9.88 Å². The van der Waals surface area contributed by atoms with Gasteiger partial charge in [-0.05, 0) is 0 Å². The van der Waals surface area contributed by atoms with Crippen molar-refractivity contribution in [2.45, 2.75) is 0 Å². The molecule has 0 bridgehead atoms. The molecule has 0 unspecified atom stereocenters. The summed E-state index contributed by atoms with van der Waals surface area (Å²) in [4.78, 5) is 5.59. The van der Waals surface area contributed by atoms with E-state index in [9.17, 15) is 5.39 Å². The SMILES string of the molecule is COCCOc1cc(N2CCSCC2)c(OCCOC)cc1[N+]#N. The number of diazo groups is 1. The number of benzene rings is 1. The highest BCUT2D eigenvalue weighted by molar-refractivity contribution is 7.99. The molecule has 1 heterocycles. The highest BCUT2D eigenvalue weighted by Gasteiger charge is 2.24. The number of methoxy groups -OCH3 is 2. The molecule has 1 aliphatic heterocycles. The topological polar surface area (TPSA) is 68.3 Å². The minimum Gasteiger partial charge on any atom is -0.489 e. The van der Waals surface area contributed by atoms with Crippen LogP contribution in [0.25, 0.3) is 4.98 Å². The van der Waals surface area contributed by atoms with Crippen LogP contribution in [0.4, 0.5) is 11.4 Å². The third-order valence-corrected chi connectivity index (χ3v) is 4.53. The molecule has 1 aromatic carbocycles. The first-order chi connectivity index (χ1) is 11.8. The van der Waals surface area contributed by atoms with Crippen molar-refractivity contribution in [3.63, 3.8) is 0 Å². The van der Waals surface area contributed by atoms with Gasteiger partial charge in [-0.15, -0.1) is 0 Å². The molecule has 1 aromatic rings. The average Bonchev–Trinajstić information content (AvgIpc) is 2.63. The lowest BCUT2D eigenvalue weighted by atomic mass is 10.2. The summed E-state index contributed by atoms with van der Waals surface area (Å²) in [5.74, 6) is 3.33. The summed E-state index contributed by atoms with van der Waals surface area (Å²) in [5.41, 5.74) is 1.29. The third-order valence-electron chi connectivity index (χ3n) is 3.59. The number of thioether (sulfide) groups is 1. The van der Waals surface area contributed by atoms with E-state index >= 15 is 0 Å². The fourth-order valence-corrected chi connectivity index (χ4v) is 3.27. The fraction of sp³-hybridized carbons (Fsp3) is 0.625. The third kappa shape index (κ3) is 5.16. The number of hydrogen-bond acceptors (Lipinski definition) is 7. The molecule has 1 saturated heterocycles. The molecule has 8 heteroatoms. The standard InChI is InChI=1S/C16H24N3O4S/c1-20-5-7-22-15-12-14(19-3-9-24-10-4-19)16(11-13(15)18-17)23-8-6-21-2/h11-12H,3-10H2,1-2H3/q+1. The van der Waals surface area contributed by atoms with Crippen molar-refractivity contribution in [3.8, 4) is 11.5 Å². The summed E-state index contributed by atoms with van der Waals surface area (Å²) in [7, 11) is 3.25. The smallest absolute Gasteiger partial charge is 0.430 e. The highest BCUT2D eigenvalue weighted by Crippen LogP contribution is 2.41. The van der Waals surface area contributed by atoms with Crippen LogP contribution in [-0.2, 0) is 9.47 Å². The van der Waals surface area contributed by atoms with Crippen LogP contribution in [0.3, 0.4) is 0 Å². The van der Waals surface area contributed by atoms with E-state index in [1.54, 1.807) is 20.3 Å². The summed E-state index contributed by atoms with van der Waals surface area (Å²) >= 11 is 1.94. The van der Waals surface area contributed by atoms with Gasteiger partial charge >= 0.3 is 5.69 Å². The van der Waals surface area contributed by atoms with Crippen molar-refractivity contribution in [2.24, 2.45) is 0 Å². The molecule has 2 rings (SSSR count). The lowest BCUT2D eigenvalue weighted by Crippen LogP contribution is -2.32. The van der Waals surface area contributed by atoms with Crippen molar-refractivity contribution < 1.29 is 18.9 Å². The normalized spacial score (nSPS) is 14.3. The molecular formula is C16H24N3O4S+. The van der Waals surface area contributed by atoms with E-state index in [0.29, 0.717) is 43.6 Å². The molecular weight excluding hydrogens is 330 g/mol. The Hall–Kier alpha value is -1.69. The minimum atomic E-state index is 0.341. The average molecular weight is 354 g/mol. The quantitative estimate of drug-likeness (QED) is 0.499. The Balaban J connectivity index is 2.26. The minimum absolute atomic E-state index is 0.341. The van der Waals surface area contributed by atoms with Crippen LogP contribution in [0, 0.1) is 5.39 Å². The summed E-state index contributed by atoms with van der Waals surface area (Å²) in [6.45, 7) is 3.66. The summed E-state index contributed by atoms with van der Waals surface area (Å²) in [6, 6.07) is 3.58.